The van der Waals surface area contributed by atoms with Gasteiger partial charge in [-0.25, -0.2) is 9.78 Å². The second-order valence-corrected chi connectivity index (χ2v) is 4.29. The second kappa shape index (κ2) is 6.56. The van der Waals surface area contributed by atoms with Crippen molar-refractivity contribution in [1.29, 1.82) is 0 Å². The van der Waals surface area contributed by atoms with Crippen molar-refractivity contribution in [2.24, 2.45) is 7.05 Å². The van der Waals surface area contributed by atoms with Gasteiger partial charge < -0.3 is 14.4 Å². The lowest BCUT2D eigenvalue weighted by atomic mass is 10.2. The van der Waals surface area contributed by atoms with Gasteiger partial charge in [-0.15, -0.1) is 0 Å². The first kappa shape index (κ1) is 13.9. The average Bonchev–Trinajstić information content (AvgIpc) is 2.83. The lowest BCUT2D eigenvalue weighted by Crippen LogP contribution is -2.06. The molecule has 0 saturated carbocycles. The first-order chi connectivity index (χ1) is 9.65. The van der Waals surface area contributed by atoms with E-state index < -0.39 is 5.97 Å². The van der Waals surface area contributed by atoms with Gasteiger partial charge in [-0.2, -0.15) is 0 Å². The molecule has 0 fully saturated rings. The van der Waals surface area contributed by atoms with Gasteiger partial charge in [0.15, 0.2) is 0 Å². The molecule has 0 amide bonds. The van der Waals surface area contributed by atoms with E-state index in [1.807, 2.05) is 42.1 Å². The number of hydrogen-bond acceptors (Lipinski definition) is 3. The van der Waals surface area contributed by atoms with Crippen LogP contribution in [0.4, 0.5) is 0 Å². The molecule has 1 N–H and O–H groups in total. The number of aryl methyl sites for hydroxylation is 1. The van der Waals surface area contributed by atoms with Gasteiger partial charge in [-0.3, -0.25) is 0 Å². The zero-order valence-corrected chi connectivity index (χ0v) is 11.2. The first-order valence-corrected chi connectivity index (χ1v) is 6.25. The summed E-state index contributed by atoms with van der Waals surface area (Å²) in [5.74, 6) is 0.776. The quantitative estimate of drug-likeness (QED) is 0.818. The lowest BCUT2D eigenvalue weighted by Gasteiger charge is -2.06. The summed E-state index contributed by atoms with van der Waals surface area (Å²) >= 11 is 0. The summed E-state index contributed by atoms with van der Waals surface area (Å²) in [6.07, 6.45) is 7.05. The maximum Gasteiger partial charge on any atom is 0.328 e. The van der Waals surface area contributed by atoms with Gasteiger partial charge in [-0.05, 0) is 23.8 Å². The Labute approximate surface area is 117 Å². The molecule has 0 saturated heterocycles. The van der Waals surface area contributed by atoms with Crippen LogP contribution in [0.15, 0.2) is 42.7 Å². The summed E-state index contributed by atoms with van der Waals surface area (Å²) in [4.78, 5) is 14.6. The van der Waals surface area contributed by atoms with E-state index in [9.17, 15) is 4.79 Å². The van der Waals surface area contributed by atoms with E-state index in [2.05, 4.69) is 4.98 Å². The van der Waals surface area contributed by atoms with E-state index >= 15 is 0 Å². The molecule has 1 heterocycles. The van der Waals surface area contributed by atoms with Crippen LogP contribution in [0.2, 0.25) is 0 Å². The van der Waals surface area contributed by atoms with Gasteiger partial charge in [0.25, 0.3) is 0 Å². The molecule has 20 heavy (non-hydrogen) atoms. The number of hydrogen-bond donors (Lipinski definition) is 1. The summed E-state index contributed by atoms with van der Waals surface area (Å²) in [6, 6.07) is 7.27. The number of nitrogens with zero attached hydrogens (tertiary/aromatic N) is 2. The molecule has 0 atom stereocenters. The zero-order valence-electron chi connectivity index (χ0n) is 11.2. The van der Waals surface area contributed by atoms with Gasteiger partial charge in [0.2, 0.25) is 0 Å². The van der Waals surface area contributed by atoms with Gasteiger partial charge in [-0.1, -0.05) is 12.1 Å². The van der Waals surface area contributed by atoms with Gasteiger partial charge in [0.05, 0.1) is 6.61 Å². The maximum atomic E-state index is 10.4. The van der Waals surface area contributed by atoms with Crippen LogP contribution in [0.3, 0.4) is 0 Å². The molecule has 0 aliphatic heterocycles. The molecule has 0 aliphatic rings. The second-order valence-electron chi connectivity index (χ2n) is 4.29. The van der Waals surface area contributed by atoms with E-state index in [0.717, 1.165) is 29.6 Å². The number of carboxylic acids is 1. The predicted octanol–water partition coefficient (Wildman–Crippen LogP) is 2.14. The maximum absolute atomic E-state index is 10.4. The fourth-order valence-corrected chi connectivity index (χ4v) is 1.74. The van der Waals surface area contributed by atoms with Crippen LogP contribution in [0, 0.1) is 0 Å². The summed E-state index contributed by atoms with van der Waals surface area (Å²) < 4.78 is 7.58. The smallest absolute Gasteiger partial charge is 0.328 e. The highest BCUT2D eigenvalue weighted by molar-refractivity contribution is 5.85. The molecule has 2 rings (SSSR count). The largest absolute Gasteiger partial charge is 0.493 e. The number of carbonyl (C=O) groups is 1. The zero-order chi connectivity index (χ0) is 14.4. The van der Waals surface area contributed by atoms with Crippen molar-refractivity contribution in [2.45, 2.75) is 6.42 Å². The Hall–Kier alpha value is -2.56. The fourth-order valence-electron chi connectivity index (χ4n) is 1.74. The van der Waals surface area contributed by atoms with Crippen molar-refractivity contribution in [1.82, 2.24) is 9.55 Å². The molecule has 0 radical (unpaired) electrons. The van der Waals surface area contributed by atoms with E-state index in [1.165, 1.54) is 0 Å². The van der Waals surface area contributed by atoms with Crippen molar-refractivity contribution >= 4 is 12.0 Å². The van der Waals surface area contributed by atoms with Crippen LogP contribution in [0.5, 0.6) is 5.75 Å². The predicted molar refractivity (Wildman–Crippen MR) is 75.5 cm³/mol. The Morgan fingerprint density at radius 2 is 2.15 bits per heavy atom. The number of aliphatic carboxylic acids is 1. The molecule has 5 heteroatoms. The lowest BCUT2D eigenvalue weighted by molar-refractivity contribution is -0.131. The SMILES string of the molecule is Cn1ccnc1CCOc1ccc(/C=C/C(=O)O)cc1. The Bertz CT molecular complexity index is 600. The molecule has 0 bridgehead atoms. The van der Waals surface area contributed by atoms with Crippen LogP contribution in [-0.2, 0) is 18.3 Å². The van der Waals surface area contributed by atoms with Gasteiger partial charge in [0.1, 0.15) is 11.6 Å². The average molecular weight is 272 g/mol. The summed E-state index contributed by atoms with van der Waals surface area (Å²) in [7, 11) is 1.95. The normalized spacial score (nSPS) is 10.8. The third-order valence-electron chi connectivity index (χ3n) is 2.81. The summed E-state index contributed by atoms with van der Waals surface area (Å²) in [6.45, 7) is 0.551. The van der Waals surface area contributed by atoms with Crippen LogP contribution in [-0.4, -0.2) is 27.2 Å². The Morgan fingerprint density at radius 1 is 1.40 bits per heavy atom. The molecule has 2 aromatic rings. The van der Waals surface area contributed by atoms with Crippen LogP contribution >= 0.6 is 0 Å². The summed E-state index contributed by atoms with van der Waals surface area (Å²) in [5, 5.41) is 8.54. The minimum atomic E-state index is -0.958. The molecule has 0 aliphatic carbocycles. The summed E-state index contributed by atoms with van der Waals surface area (Å²) in [5.41, 5.74) is 0.823. The number of imidazole rings is 1. The third-order valence-corrected chi connectivity index (χ3v) is 2.81. The van der Waals surface area contributed by atoms with E-state index in [-0.39, 0.29) is 0 Å². The van der Waals surface area contributed by atoms with Crippen LogP contribution in [0.1, 0.15) is 11.4 Å². The molecule has 1 aromatic carbocycles. The van der Waals surface area contributed by atoms with Crippen molar-refractivity contribution in [3.63, 3.8) is 0 Å². The number of aromatic nitrogens is 2. The van der Waals surface area contributed by atoms with Gasteiger partial charge in [0, 0.05) is 31.9 Å². The molecule has 0 unspecified atom stereocenters. The standard InChI is InChI=1S/C15H16N2O3/c1-17-10-9-16-14(17)8-11-20-13-5-2-12(3-6-13)4-7-15(18)19/h2-7,9-10H,8,11H2,1H3,(H,18,19)/b7-4+. The Morgan fingerprint density at radius 3 is 2.75 bits per heavy atom. The molecular formula is C15H16N2O3. The van der Waals surface area contributed by atoms with Gasteiger partial charge >= 0.3 is 5.97 Å². The Balaban J connectivity index is 1.85. The van der Waals surface area contributed by atoms with Crippen molar-refractivity contribution < 1.29 is 14.6 Å². The number of rotatable bonds is 6. The van der Waals surface area contributed by atoms with Crippen LogP contribution < -0.4 is 4.74 Å². The molecule has 5 nitrogen and oxygen atoms in total. The highest BCUT2D eigenvalue weighted by Crippen LogP contribution is 2.13. The molecular weight excluding hydrogens is 256 g/mol. The third kappa shape index (κ3) is 3.98. The van der Waals surface area contributed by atoms with Crippen LogP contribution in [0.25, 0.3) is 6.08 Å². The molecule has 0 spiro atoms. The highest BCUT2D eigenvalue weighted by atomic mass is 16.5. The van der Waals surface area contributed by atoms with Crippen molar-refractivity contribution in [3.05, 3.63) is 54.1 Å². The molecule has 1 aromatic heterocycles. The molecule has 104 valence electrons. The topological polar surface area (TPSA) is 64.4 Å². The Kier molecular flexibility index (Phi) is 4.55. The van der Waals surface area contributed by atoms with Crippen molar-refractivity contribution in [3.8, 4) is 5.75 Å². The van der Waals surface area contributed by atoms with E-state index in [0.29, 0.717) is 6.61 Å². The van der Waals surface area contributed by atoms with E-state index in [1.54, 1.807) is 12.3 Å². The first-order valence-electron chi connectivity index (χ1n) is 6.25. The number of carboxylic acid groups (broad SMARTS) is 1. The minimum absolute atomic E-state index is 0.551. The fraction of sp³-hybridized carbons (Fsp3) is 0.200. The van der Waals surface area contributed by atoms with Crippen molar-refractivity contribution in [2.75, 3.05) is 6.61 Å². The highest BCUT2D eigenvalue weighted by Gasteiger charge is 2.00. The number of ether oxygens (including phenoxy) is 1. The van der Waals surface area contributed by atoms with E-state index in [4.69, 9.17) is 9.84 Å². The monoisotopic (exact) mass is 272 g/mol. The minimum Gasteiger partial charge on any atom is -0.493 e. The number of benzene rings is 1.